The minimum absolute atomic E-state index is 0.433. The molecule has 2 nitrogen and oxygen atoms in total. The van der Waals surface area contributed by atoms with Crippen molar-refractivity contribution in [3.63, 3.8) is 0 Å². The fourth-order valence-corrected chi connectivity index (χ4v) is 3.40. The van der Waals surface area contributed by atoms with Crippen molar-refractivity contribution in [3.05, 3.63) is 0 Å². The van der Waals surface area contributed by atoms with Crippen molar-refractivity contribution in [3.8, 4) is 0 Å². The second kappa shape index (κ2) is 3.76. The summed E-state index contributed by atoms with van der Waals surface area (Å²) in [7, 11) is 0. The highest BCUT2D eigenvalue weighted by Gasteiger charge is 2.40. The van der Waals surface area contributed by atoms with Crippen molar-refractivity contribution in [1.82, 2.24) is 4.90 Å². The summed E-state index contributed by atoms with van der Waals surface area (Å²) in [6.07, 6.45) is 5.04. The topological polar surface area (TPSA) is 23.5 Å². The van der Waals surface area contributed by atoms with E-state index in [1.165, 1.54) is 25.8 Å². The molecule has 3 heteroatoms. The molecule has 1 saturated heterocycles. The van der Waals surface area contributed by atoms with Gasteiger partial charge in [0.1, 0.15) is 0 Å². The van der Waals surface area contributed by atoms with Crippen molar-refractivity contribution in [2.75, 3.05) is 25.0 Å². The normalized spacial score (nSPS) is 37.1. The quantitative estimate of drug-likeness (QED) is 0.786. The lowest BCUT2D eigenvalue weighted by molar-refractivity contribution is 0.0508. The van der Waals surface area contributed by atoms with Gasteiger partial charge in [-0.2, -0.15) is 0 Å². The minimum atomic E-state index is -0.433. The molecule has 0 aromatic rings. The Hall–Kier alpha value is 0.400. The van der Waals surface area contributed by atoms with Crippen LogP contribution in [0, 0.1) is 5.41 Å². The molecule has 2 aliphatic rings. The third-order valence-corrected chi connectivity index (χ3v) is 4.98. The fourth-order valence-electron chi connectivity index (χ4n) is 2.66. The van der Waals surface area contributed by atoms with E-state index in [4.69, 9.17) is 0 Å². The lowest BCUT2D eigenvalue weighted by Gasteiger charge is -2.43. The number of rotatable bonds is 3. The largest absolute Gasteiger partial charge is 0.389 e. The number of hydrogen-bond donors (Lipinski definition) is 1. The first-order valence-corrected chi connectivity index (χ1v) is 6.68. The van der Waals surface area contributed by atoms with Gasteiger partial charge in [-0.25, -0.2) is 0 Å². The van der Waals surface area contributed by atoms with E-state index >= 15 is 0 Å². The molecule has 14 heavy (non-hydrogen) atoms. The van der Waals surface area contributed by atoms with Crippen LogP contribution >= 0.6 is 15.9 Å². The average molecular weight is 262 g/mol. The predicted molar refractivity (Wildman–Crippen MR) is 61.8 cm³/mol. The Bertz CT molecular complexity index is 208. The van der Waals surface area contributed by atoms with Gasteiger partial charge in [-0.1, -0.05) is 22.4 Å². The van der Waals surface area contributed by atoms with Gasteiger partial charge < -0.3 is 5.11 Å². The Morgan fingerprint density at radius 3 is 2.43 bits per heavy atom. The first-order chi connectivity index (χ1) is 6.55. The first-order valence-electron chi connectivity index (χ1n) is 5.56. The maximum Gasteiger partial charge on any atom is 0.0758 e. The molecule has 0 aromatic carbocycles. The highest BCUT2D eigenvalue weighted by Crippen LogP contribution is 2.43. The highest BCUT2D eigenvalue weighted by molar-refractivity contribution is 9.09. The fraction of sp³-hybridized carbons (Fsp3) is 1.00. The zero-order chi connectivity index (χ0) is 10.2. The third kappa shape index (κ3) is 2.15. The standard InChI is InChI=1S/C11H20BrNO/c1-10(14)5-6-13(8-10)9-11(7-12)3-2-4-11/h14H,2-9H2,1H3. The van der Waals surface area contributed by atoms with Crippen LogP contribution in [0.1, 0.15) is 32.6 Å². The van der Waals surface area contributed by atoms with E-state index in [0.717, 1.165) is 24.8 Å². The number of halogens is 1. The number of nitrogens with zero attached hydrogens (tertiary/aromatic N) is 1. The Morgan fingerprint density at radius 1 is 1.36 bits per heavy atom. The van der Waals surface area contributed by atoms with E-state index in [1.54, 1.807) is 0 Å². The van der Waals surface area contributed by atoms with Gasteiger partial charge >= 0.3 is 0 Å². The summed E-state index contributed by atoms with van der Waals surface area (Å²) < 4.78 is 0. The summed E-state index contributed by atoms with van der Waals surface area (Å²) >= 11 is 3.63. The molecule has 2 rings (SSSR count). The van der Waals surface area contributed by atoms with E-state index < -0.39 is 5.60 Å². The molecule has 0 bridgehead atoms. The van der Waals surface area contributed by atoms with E-state index in [0.29, 0.717) is 5.41 Å². The minimum Gasteiger partial charge on any atom is -0.389 e. The van der Waals surface area contributed by atoms with Crippen LogP contribution in [-0.2, 0) is 0 Å². The monoisotopic (exact) mass is 261 g/mol. The molecule has 82 valence electrons. The second-order valence-electron chi connectivity index (χ2n) is 5.44. The van der Waals surface area contributed by atoms with Crippen molar-refractivity contribution in [2.45, 2.75) is 38.2 Å². The zero-order valence-corrected chi connectivity index (χ0v) is 10.5. The van der Waals surface area contributed by atoms with Crippen LogP contribution in [0.15, 0.2) is 0 Å². The number of aliphatic hydroxyl groups is 1. The van der Waals surface area contributed by atoms with Crippen LogP contribution in [0.3, 0.4) is 0 Å². The number of likely N-dealkylation sites (tertiary alicyclic amines) is 1. The number of alkyl halides is 1. The van der Waals surface area contributed by atoms with E-state index in [1.807, 2.05) is 6.92 Å². The number of hydrogen-bond acceptors (Lipinski definition) is 2. The molecule has 1 heterocycles. The molecular formula is C11H20BrNO. The van der Waals surface area contributed by atoms with Crippen LogP contribution in [-0.4, -0.2) is 40.6 Å². The van der Waals surface area contributed by atoms with Gasteiger partial charge in [0.2, 0.25) is 0 Å². The van der Waals surface area contributed by atoms with Gasteiger partial charge in [0.15, 0.2) is 0 Å². The maximum atomic E-state index is 9.87. The molecule has 1 atom stereocenters. The van der Waals surface area contributed by atoms with Crippen LogP contribution < -0.4 is 0 Å². The zero-order valence-electron chi connectivity index (χ0n) is 8.93. The average Bonchev–Trinajstić information content (AvgIpc) is 2.38. The van der Waals surface area contributed by atoms with Crippen LogP contribution in [0.5, 0.6) is 0 Å². The molecule has 1 N–H and O–H groups in total. The van der Waals surface area contributed by atoms with Crippen molar-refractivity contribution in [2.24, 2.45) is 5.41 Å². The van der Waals surface area contributed by atoms with Gasteiger partial charge in [0.05, 0.1) is 5.60 Å². The predicted octanol–water partition coefficient (Wildman–Crippen LogP) is 2.01. The summed E-state index contributed by atoms with van der Waals surface area (Å²) in [4.78, 5) is 2.43. The van der Waals surface area contributed by atoms with Gasteiger partial charge in [-0.15, -0.1) is 0 Å². The van der Waals surface area contributed by atoms with Crippen molar-refractivity contribution in [1.29, 1.82) is 0 Å². The lowest BCUT2D eigenvalue weighted by Crippen LogP contribution is -2.43. The number of β-amino-alcohol motifs (C(OH)–C–C–N with tert-alkyl or cyclic N) is 1. The van der Waals surface area contributed by atoms with Crippen LogP contribution in [0.25, 0.3) is 0 Å². The Balaban J connectivity index is 1.86. The van der Waals surface area contributed by atoms with E-state index in [9.17, 15) is 5.11 Å². The summed E-state index contributed by atoms with van der Waals surface area (Å²) in [5.74, 6) is 0. The van der Waals surface area contributed by atoms with Gasteiger partial charge in [0.25, 0.3) is 0 Å². The molecule has 1 aliphatic heterocycles. The summed E-state index contributed by atoms with van der Waals surface area (Å²) in [6.45, 7) is 5.06. The van der Waals surface area contributed by atoms with Gasteiger partial charge in [-0.05, 0) is 31.6 Å². The Morgan fingerprint density at radius 2 is 2.07 bits per heavy atom. The molecule has 0 radical (unpaired) electrons. The van der Waals surface area contributed by atoms with Crippen LogP contribution in [0.4, 0.5) is 0 Å². The molecule has 0 amide bonds. The van der Waals surface area contributed by atoms with Gasteiger partial charge in [0, 0.05) is 25.0 Å². The third-order valence-electron chi connectivity index (χ3n) is 3.79. The molecule has 2 fully saturated rings. The lowest BCUT2D eigenvalue weighted by atomic mass is 9.70. The summed E-state index contributed by atoms with van der Waals surface area (Å²) in [5.41, 5.74) is 0.0949. The maximum absolute atomic E-state index is 9.87. The highest BCUT2D eigenvalue weighted by atomic mass is 79.9. The van der Waals surface area contributed by atoms with Gasteiger partial charge in [-0.3, -0.25) is 4.90 Å². The summed E-state index contributed by atoms with van der Waals surface area (Å²) in [6, 6.07) is 0. The first kappa shape index (κ1) is 10.9. The molecule has 0 spiro atoms. The molecule has 0 aromatic heterocycles. The van der Waals surface area contributed by atoms with E-state index in [-0.39, 0.29) is 0 Å². The molecule has 1 aliphatic carbocycles. The second-order valence-corrected chi connectivity index (χ2v) is 6.01. The molecule has 1 saturated carbocycles. The molecular weight excluding hydrogens is 242 g/mol. The summed E-state index contributed by atoms with van der Waals surface area (Å²) in [5, 5.41) is 11.0. The Kier molecular flexibility index (Phi) is 2.93. The van der Waals surface area contributed by atoms with E-state index in [2.05, 4.69) is 20.8 Å². The smallest absolute Gasteiger partial charge is 0.0758 e. The SMILES string of the molecule is CC1(O)CCN(CC2(CBr)CCC2)C1. The molecule has 1 unspecified atom stereocenters. The Labute approximate surface area is 94.8 Å². The van der Waals surface area contributed by atoms with Crippen LogP contribution in [0.2, 0.25) is 0 Å². The van der Waals surface area contributed by atoms with Crippen molar-refractivity contribution < 1.29 is 5.11 Å². The van der Waals surface area contributed by atoms with Crippen molar-refractivity contribution >= 4 is 15.9 Å².